The Labute approximate surface area is 144 Å². The van der Waals surface area contributed by atoms with E-state index in [1.54, 1.807) is 18.0 Å². The van der Waals surface area contributed by atoms with Crippen LogP contribution in [-0.4, -0.2) is 29.8 Å². The van der Waals surface area contributed by atoms with E-state index in [0.717, 1.165) is 11.3 Å². The quantitative estimate of drug-likeness (QED) is 0.622. The molecule has 0 unspecified atom stereocenters. The first-order valence-electron chi connectivity index (χ1n) is 7.44. The lowest BCUT2D eigenvalue weighted by Gasteiger charge is -2.16. The number of nitrogens with zero attached hydrogens (tertiary/aromatic N) is 2. The number of thiocarbonyl (C=S) groups is 1. The number of para-hydroxylation sites is 1. The Morgan fingerprint density at radius 3 is 2.62 bits per heavy atom. The highest BCUT2D eigenvalue weighted by molar-refractivity contribution is 7.80. The molecule has 2 aliphatic heterocycles. The van der Waals surface area contributed by atoms with Gasteiger partial charge in [-0.3, -0.25) is 9.69 Å². The summed E-state index contributed by atoms with van der Waals surface area (Å²) < 4.78 is 10.7. The molecule has 2 aromatic rings. The van der Waals surface area contributed by atoms with Crippen LogP contribution in [0.25, 0.3) is 6.08 Å². The Morgan fingerprint density at radius 2 is 1.83 bits per heavy atom. The first-order valence-corrected chi connectivity index (χ1v) is 7.84. The van der Waals surface area contributed by atoms with Crippen LogP contribution in [0.2, 0.25) is 0 Å². The molecule has 0 aromatic heterocycles. The number of carbonyl (C=O) groups excluding carboxylic acids is 1. The van der Waals surface area contributed by atoms with E-state index in [9.17, 15) is 4.79 Å². The highest BCUT2D eigenvalue weighted by atomic mass is 32.1. The number of likely N-dealkylation sites (N-methyl/N-ethyl adjacent to an activating group) is 1. The predicted octanol–water partition coefficient (Wildman–Crippen LogP) is 3.02. The molecule has 0 N–H and O–H groups in total. The number of benzene rings is 2. The predicted molar refractivity (Wildman–Crippen MR) is 94.8 cm³/mol. The van der Waals surface area contributed by atoms with Gasteiger partial charge in [0, 0.05) is 7.05 Å². The molecule has 1 amide bonds. The standard InChI is InChI=1S/C18H14N2O3S/c1-19-14(9-12-7-8-15-16(10-12)23-11-22-15)17(21)20(18(19)24)13-5-3-2-4-6-13/h2-10H,11H2,1H3/b14-9+. The molecule has 5 nitrogen and oxygen atoms in total. The minimum atomic E-state index is -0.147. The molecule has 4 rings (SSSR count). The van der Waals surface area contributed by atoms with Crippen LogP contribution in [0.5, 0.6) is 11.5 Å². The van der Waals surface area contributed by atoms with Gasteiger partial charge < -0.3 is 14.4 Å². The van der Waals surface area contributed by atoms with Crippen LogP contribution in [0.4, 0.5) is 5.69 Å². The average molecular weight is 338 g/mol. The fourth-order valence-electron chi connectivity index (χ4n) is 2.72. The SMILES string of the molecule is CN1C(=S)N(c2ccccc2)C(=O)/C1=C\c1ccc2c(c1)OCO2. The van der Waals surface area contributed by atoms with Crippen LogP contribution in [0, 0.1) is 0 Å². The van der Waals surface area contributed by atoms with Crippen molar-refractivity contribution in [2.24, 2.45) is 0 Å². The van der Waals surface area contributed by atoms with E-state index in [4.69, 9.17) is 21.7 Å². The van der Waals surface area contributed by atoms with Crippen molar-refractivity contribution < 1.29 is 14.3 Å². The number of amides is 1. The van der Waals surface area contributed by atoms with E-state index >= 15 is 0 Å². The van der Waals surface area contributed by atoms with Gasteiger partial charge >= 0.3 is 0 Å². The molecule has 120 valence electrons. The molecule has 0 radical (unpaired) electrons. The lowest BCUT2D eigenvalue weighted by atomic mass is 10.1. The average Bonchev–Trinajstić information content (AvgIpc) is 3.14. The molecule has 0 spiro atoms. The van der Waals surface area contributed by atoms with E-state index < -0.39 is 0 Å². The minimum absolute atomic E-state index is 0.147. The number of rotatable bonds is 2. The Kier molecular flexibility index (Phi) is 3.46. The van der Waals surface area contributed by atoms with Crippen molar-refractivity contribution in [2.45, 2.75) is 0 Å². The second-order valence-electron chi connectivity index (χ2n) is 5.46. The van der Waals surface area contributed by atoms with Crippen LogP contribution in [-0.2, 0) is 4.79 Å². The molecule has 0 aliphatic carbocycles. The van der Waals surface area contributed by atoms with Gasteiger partial charge in [0.1, 0.15) is 5.70 Å². The summed E-state index contributed by atoms with van der Waals surface area (Å²) in [7, 11) is 1.79. The van der Waals surface area contributed by atoms with Gasteiger partial charge in [-0.25, -0.2) is 0 Å². The summed E-state index contributed by atoms with van der Waals surface area (Å²) >= 11 is 5.44. The maximum absolute atomic E-state index is 12.8. The van der Waals surface area contributed by atoms with Gasteiger partial charge in [0.25, 0.3) is 5.91 Å². The van der Waals surface area contributed by atoms with Crippen molar-refractivity contribution in [1.29, 1.82) is 0 Å². The fraction of sp³-hybridized carbons (Fsp3) is 0.111. The van der Waals surface area contributed by atoms with E-state index in [1.807, 2.05) is 48.5 Å². The van der Waals surface area contributed by atoms with Crippen molar-refractivity contribution in [3.8, 4) is 11.5 Å². The van der Waals surface area contributed by atoms with E-state index in [-0.39, 0.29) is 12.7 Å². The molecule has 0 saturated carbocycles. The summed E-state index contributed by atoms with van der Waals surface area (Å²) in [6, 6.07) is 15.0. The first kappa shape index (κ1) is 14.7. The number of anilines is 1. The van der Waals surface area contributed by atoms with Crippen LogP contribution >= 0.6 is 12.2 Å². The number of fused-ring (bicyclic) bond motifs is 1. The van der Waals surface area contributed by atoms with E-state index in [0.29, 0.717) is 22.3 Å². The summed E-state index contributed by atoms with van der Waals surface area (Å²) in [6.07, 6.45) is 1.81. The zero-order valence-electron chi connectivity index (χ0n) is 12.9. The van der Waals surface area contributed by atoms with Gasteiger partial charge in [-0.15, -0.1) is 0 Å². The second kappa shape index (κ2) is 5.65. The molecule has 1 saturated heterocycles. The second-order valence-corrected chi connectivity index (χ2v) is 5.83. The van der Waals surface area contributed by atoms with Gasteiger partial charge in [0.2, 0.25) is 6.79 Å². The largest absolute Gasteiger partial charge is 0.454 e. The molecular weight excluding hydrogens is 324 g/mol. The van der Waals surface area contributed by atoms with Crippen molar-refractivity contribution in [1.82, 2.24) is 4.90 Å². The summed E-state index contributed by atoms with van der Waals surface area (Å²) in [5, 5.41) is 0.457. The van der Waals surface area contributed by atoms with Crippen molar-refractivity contribution in [3.63, 3.8) is 0 Å². The van der Waals surface area contributed by atoms with Crippen molar-refractivity contribution in [3.05, 3.63) is 59.8 Å². The lowest BCUT2D eigenvalue weighted by molar-refractivity contribution is -0.114. The Bertz CT molecular complexity index is 864. The van der Waals surface area contributed by atoms with Crippen molar-refractivity contribution >= 4 is 35.0 Å². The number of hydrogen-bond donors (Lipinski definition) is 0. The van der Waals surface area contributed by atoms with Gasteiger partial charge in [0.15, 0.2) is 16.6 Å². The zero-order valence-corrected chi connectivity index (χ0v) is 13.7. The van der Waals surface area contributed by atoms with Crippen LogP contribution < -0.4 is 14.4 Å². The third kappa shape index (κ3) is 2.32. The molecule has 2 aromatic carbocycles. The van der Waals surface area contributed by atoms with E-state index in [1.165, 1.54) is 4.90 Å². The number of hydrogen-bond acceptors (Lipinski definition) is 4. The number of ether oxygens (including phenoxy) is 2. The van der Waals surface area contributed by atoms with Crippen LogP contribution in [0.1, 0.15) is 5.56 Å². The molecule has 2 heterocycles. The zero-order chi connectivity index (χ0) is 16.7. The van der Waals surface area contributed by atoms with Crippen molar-refractivity contribution in [2.75, 3.05) is 18.7 Å². The third-order valence-electron chi connectivity index (χ3n) is 3.98. The Morgan fingerprint density at radius 1 is 1.08 bits per heavy atom. The lowest BCUT2D eigenvalue weighted by Crippen LogP contribution is -2.30. The van der Waals surface area contributed by atoms with E-state index in [2.05, 4.69) is 0 Å². The first-order chi connectivity index (χ1) is 11.6. The minimum Gasteiger partial charge on any atom is -0.454 e. The van der Waals surface area contributed by atoms with Gasteiger partial charge in [-0.1, -0.05) is 24.3 Å². The molecular formula is C18H14N2O3S. The van der Waals surface area contributed by atoms with Crippen LogP contribution in [0.15, 0.2) is 54.2 Å². The summed E-state index contributed by atoms with van der Waals surface area (Å²) in [5.74, 6) is 1.25. The molecule has 2 aliphatic rings. The highest BCUT2D eigenvalue weighted by Gasteiger charge is 2.36. The smallest absolute Gasteiger partial charge is 0.281 e. The Hall–Kier alpha value is -2.86. The molecule has 0 atom stereocenters. The van der Waals surface area contributed by atoms with Gasteiger partial charge in [0.05, 0.1) is 5.69 Å². The molecule has 1 fully saturated rings. The normalized spacial score (nSPS) is 18.0. The third-order valence-corrected chi connectivity index (χ3v) is 4.43. The highest BCUT2D eigenvalue weighted by Crippen LogP contribution is 2.34. The molecule has 24 heavy (non-hydrogen) atoms. The Balaban J connectivity index is 1.71. The van der Waals surface area contributed by atoms with Gasteiger partial charge in [-0.2, -0.15) is 0 Å². The molecule has 6 heteroatoms. The fourth-order valence-corrected chi connectivity index (χ4v) is 3.01. The summed E-state index contributed by atoms with van der Waals surface area (Å²) in [6.45, 7) is 0.222. The summed E-state index contributed by atoms with van der Waals surface area (Å²) in [5.41, 5.74) is 2.13. The maximum atomic E-state index is 12.8. The topological polar surface area (TPSA) is 42.0 Å². The van der Waals surface area contributed by atoms with Crippen LogP contribution in [0.3, 0.4) is 0 Å². The van der Waals surface area contributed by atoms with Gasteiger partial charge in [-0.05, 0) is 48.1 Å². The number of carbonyl (C=O) groups is 1. The molecule has 0 bridgehead atoms. The summed E-state index contributed by atoms with van der Waals surface area (Å²) in [4.78, 5) is 16.1. The monoisotopic (exact) mass is 338 g/mol. The maximum Gasteiger partial charge on any atom is 0.281 e.